The Morgan fingerprint density at radius 1 is 0.967 bits per heavy atom. The van der Waals surface area contributed by atoms with Crippen LogP contribution in [0.5, 0.6) is 0 Å². The van der Waals surface area contributed by atoms with Crippen LogP contribution in [0.3, 0.4) is 0 Å². The van der Waals surface area contributed by atoms with Crippen LogP contribution in [-0.4, -0.2) is 20.9 Å². The molecule has 3 aromatic rings. The molecule has 0 saturated carbocycles. The molecule has 0 bridgehead atoms. The standard InChI is InChI=1S/C21H17ClF2N2O3S/c1-14-16(22)9-5-12-19(14)26(30(28,29)15-7-3-2-4-8-15)13-20(27)25-21-17(23)10-6-11-18(21)24/h2-12H,13H2,1H3,(H,25,27). The zero-order valence-corrected chi connectivity index (χ0v) is 17.3. The lowest BCUT2D eigenvalue weighted by molar-refractivity contribution is -0.114. The zero-order chi connectivity index (χ0) is 21.9. The minimum atomic E-state index is -4.17. The Balaban J connectivity index is 2.02. The van der Waals surface area contributed by atoms with E-state index in [9.17, 15) is 22.0 Å². The van der Waals surface area contributed by atoms with Crippen molar-refractivity contribution in [2.24, 2.45) is 0 Å². The number of nitrogens with one attached hydrogen (secondary N) is 1. The molecule has 0 aliphatic carbocycles. The molecule has 3 rings (SSSR count). The summed E-state index contributed by atoms with van der Waals surface area (Å²) in [5, 5.41) is 2.42. The van der Waals surface area contributed by atoms with Gasteiger partial charge in [-0.05, 0) is 48.9 Å². The van der Waals surface area contributed by atoms with Gasteiger partial charge in [0.15, 0.2) is 0 Å². The van der Waals surface area contributed by atoms with Crippen LogP contribution in [0, 0.1) is 18.6 Å². The molecular formula is C21H17ClF2N2O3S. The molecule has 30 heavy (non-hydrogen) atoms. The molecule has 5 nitrogen and oxygen atoms in total. The second-order valence-corrected chi connectivity index (χ2v) is 8.62. The van der Waals surface area contributed by atoms with E-state index in [1.165, 1.54) is 18.2 Å². The van der Waals surface area contributed by atoms with E-state index in [0.717, 1.165) is 22.5 Å². The molecule has 1 amide bonds. The van der Waals surface area contributed by atoms with Crippen molar-refractivity contribution in [3.8, 4) is 0 Å². The number of benzene rings is 3. The van der Waals surface area contributed by atoms with Crippen LogP contribution in [0.25, 0.3) is 0 Å². The Morgan fingerprint density at radius 3 is 2.20 bits per heavy atom. The molecule has 0 radical (unpaired) electrons. The zero-order valence-electron chi connectivity index (χ0n) is 15.8. The van der Waals surface area contributed by atoms with Crippen LogP contribution in [0.15, 0.2) is 71.6 Å². The molecule has 0 unspecified atom stereocenters. The third-order valence-corrected chi connectivity index (χ3v) is 6.54. The lowest BCUT2D eigenvalue weighted by Crippen LogP contribution is -2.38. The average molecular weight is 451 g/mol. The summed E-state index contributed by atoms with van der Waals surface area (Å²) in [4.78, 5) is 12.5. The first kappa shape index (κ1) is 21.7. The van der Waals surface area contributed by atoms with Crippen LogP contribution < -0.4 is 9.62 Å². The quantitative estimate of drug-likeness (QED) is 0.588. The summed E-state index contributed by atoms with van der Waals surface area (Å²) < 4.78 is 55.2. The van der Waals surface area contributed by atoms with Gasteiger partial charge < -0.3 is 5.32 Å². The van der Waals surface area contributed by atoms with Crippen molar-refractivity contribution < 1.29 is 22.0 Å². The van der Waals surface area contributed by atoms with E-state index in [0.29, 0.717) is 10.6 Å². The summed E-state index contributed by atoms with van der Waals surface area (Å²) in [5.41, 5.74) is -0.0403. The number of anilines is 2. The topological polar surface area (TPSA) is 66.5 Å². The molecule has 0 heterocycles. The van der Waals surface area contributed by atoms with E-state index >= 15 is 0 Å². The van der Waals surface area contributed by atoms with E-state index < -0.39 is 39.8 Å². The van der Waals surface area contributed by atoms with Crippen LogP contribution in [0.4, 0.5) is 20.2 Å². The number of amides is 1. The minimum absolute atomic E-state index is 0.0470. The van der Waals surface area contributed by atoms with Gasteiger partial charge in [-0.2, -0.15) is 0 Å². The van der Waals surface area contributed by atoms with Crippen molar-refractivity contribution in [3.05, 3.63) is 89.0 Å². The number of carbonyl (C=O) groups excluding carboxylic acids is 1. The lowest BCUT2D eigenvalue weighted by Gasteiger charge is -2.26. The first-order valence-corrected chi connectivity index (χ1v) is 10.6. The molecule has 9 heteroatoms. The van der Waals surface area contributed by atoms with E-state index in [1.807, 2.05) is 0 Å². The highest BCUT2D eigenvalue weighted by Gasteiger charge is 2.29. The van der Waals surface area contributed by atoms with Crippen LogP contribution in [-0.2, 0) is 14.8 Å². The first-order chi connectivity index (χ1) is 14.2. The van der Waals surface area contributed by atoms with Gasteiger partial charge in [0.25, 0.3) is 10.0 Å². The van der Waals surface area contributed by atoms with Gasteiger partial charge in [0, 0.05) is 5.02 Å². The van der Waals surface area contributed by atoms with Gasteiger partial charge >= 0.3 is 0 Å². The molecule has 3 aromatic carbocycles. The van der Waals surface area contributed by atoms with Crippen molar-refractivity contribution in [2.45, 2.75) is 11.8 Å². The van der Waals surface area contributed by atoms with Gasteiger partial charge in [-0.15, -0.1) is 0 Å². The molecule has 0 spiro atoms. The predicted octanol–water partition coefficient (Wildman–Crippen LogP) is 4.76. The van der Waals surface area contributed by atoms with Crippen molar-refractivity contribution >= 4 is 38.9 Å². The minimum Gasteiger partial charge on any atom is -0.320 e. The van der Waals surface area contributed by atoms with Crippen molar-refractivity contribution in [1.29, 1.82) is 0 Å². The SMILES string of the molecule is Cc1c(Cl)cccc1N(CC(=O)Nc1c(F)cccc1F)S(=O)(=O)c1ccccc1. The Labute approximate surface area is 178 Å². The molecule has 0 aliphatic rings. The third kappa shape index (κ3) is 4.44. The summed E-state index contributed by atoms with van der Waals surface area (Å²) in [6, 6.07) is 15.3. The van der Waals surface area contributed by atoms with E-state index in [2.05, 4.69) is 5.32 Å². The lowest BCUT2D eigenvalue weighted by atomic mass is 10.2. The number of nitrogens with zero attached hydrogens (tertiary/aromatic N) is 1. The van der Waals surface area contributed by atoms with Crippen molar-refractivity contribution in [2.75, 3.05) is 16.2 Å². The van der Waals surface area contributed by atoms with Gasteiger partial charge in [-0.1, -0.05) is 41.9 Å². The van der Waals surface area contributed by atoms with E-state index in [-0.39, 0.29) is 10.6 Å². The highest BCUT2D eigenvalue weighted by atomic mass is 35.5. The maximum absolute atomic E-state index is 13.9. The number of hydrogen-bond acceptors (Lipinski definition) is 3. The molecule has 0 fully saturated rings. The Bertz CT molecular complexity index is 1170. The van der Waals surface area contributed by atoms with Crippen LogP contribution in [0.1, 0.15) is 5.56 Å². The fraction of sp³-hybridized carbons (Fsp3) is 0.0952. The predicted molar refractivity (Wildman–Crippen MR) is 112 cm³/mol. The number of halogens is 3. The molecule has 0 atom stereocenters. The third-order valence-electron chi connectivity index (χ3n) is 4.35. The summed E-state index contributed by atoms with van der Waals surface area (Å²) in [6.45, 7) is 0.895. The van der Waals surface area contributed by atoms with Crippen molar-refractivity contribution in [1.82, 2.24) is 0 Å². The Morgan fingerprint density at radius 2 is 1.57 bits per heavy atom. The number of carbonyl (C=O) groups is 1. The van der Waals surface area contributed by atoms with Crippen LogP contribution in [0.2, 0.25) is 5.02 Å². The second kappa shape index (κ2) is 8.81. The summed E-state index contributed by atoms with van der Waals surface area (Å²) in [7, 11) is -4.17. The fourth-order valence-corrected chi connectivity index (χ4v) is 4.48. The van der Waals surface area contributed by atoms with E-state index in [4.69, 9.17) is 11.6 Å². The maximum atomic E-state index is 13.9. The normalized spacial score (nSPS) is 11.2. The number of para-hydroxylation sites is 1. The van der Waals surface area contributed by atoms with Gasteiger partial charge in [0.05, 0.1) is 10.6 Å². The number of rotatable bonds is 6. The molecule has 156 valence electrons. The Kier molecular flexibility index (Phi) is 6.38. The number of sulfonamides is 1. The fourth-order valence-electron chi connectivity index (χ4n) is 2.81. The monoisotopic (exact) mass is 450 g/mol. The van der Waals surface area contributed by atoms with Crippen LogP contribution >= 0.6 is 11.6 Å². The van der Waals surface area contributed by atoms with Crippen molar-refractivity contribution in [3.63, 3.8) is 0 Å². The molecule has 0 aromatic heterocycles. The van der Waals surface area contributed by atoms with Gasteiger partial charge in [0.2, 0.25) is 5.91 Å². The highest BCUT2D eigenvalue weighted by molar-refractivity contribution is 7.92. The summed E-state index contributed by atoms with van der Waals surface area (Å²) >= 11 is 6.14. The van der Waals surface area contributed by atoms with E-state index in [1.54, 1.807) is 37.3 Å². The molecular weight excluding hydrogens is 434 g/mol. The van der Waals surface area contributed by atoms with Gasteiger partial charge in [0.1, 0.15) is 23.9 Å². The smallest absolute Gasteiger partial charge is 0.264 e. The second-order valence-electron chi connectivity index (χ2n) is 6.35. The first-order valence-electron chi connectivity index (χ1n) is 8.78. The largest absolute Gasteiger partial charge is 0.320 e. The Hall–Kier alpha value is -2.97. The average Bonchev–Trinajstić information content (AvgIpc) is 2.72. The highest BCUT2D eigenvalue weighted by Crippen LogP contribution is 2.31. The van der Waals surface area contributed by atoms with Gasteiger partial charge in [-0.25, -0.2) is 17.2 Å². The summed E-state index contributed by atoms with van der Waals surface area (Å²) in [5.74, 6) is -2.86. The number of hydrogen-bond donors (Lipinski definition) is 1. The maximum Gasteiger partial charge on any atom is 0.264 e. The van der Waals surface area contributed by atoms with Gasteiger partial charge in [-0.3, -0.25) is 9.10 Å². The molecule has 1 N–H and O–H groups in total. The molecule has 0 saturated heterocycles. The molecule has 0 aliphatic heterocycles. The summed E-state index contributed by atoms with van der Waals surface area (Å²) in [6.07, 6.45) is 0.